The van der Waals surface area contributed by atoms with Gasteiger partial charge in [0.15, 0.2) is 17.6 Å². The van der Waals surface area contributed by atoms with Crippen LogP contribution in [0.4, 0.5) is 5.69 Å². The van der Waals surface area contributed by atoms with Crippen molar-refractivity contribution in [1.82, 2.24) is 20.6 Å². The van der Waals surface area contributed by atoms with Crippen LogP contribution < -0.4 is 19.5 Å². The Kier molecular flexibility index (Phi) is 5.37. The fourth-order valence-electron chi connectivity index (χ4n) is 2.73. The van der Waals surface area contributed by atoms with Gasteiger partial charge in [0, 0.05) is 5.56 Å². The second-order valence-corrected chi connectivity index (χ2v) is 6.20. The summed E-state index contributed by atoms with van der Waals surface area (Å²) in [6.45, 7) is 2.27. The lowest BCUT2D eigenvalue weighted by Crippen LogP contribution is -2.24. The molecule has 0 saturated carbocycles. The fourth-order valence-corrected chi connectivity index (χ4v) is 2.73. The molecule has 9 nitrogen and oxygen atoms in total. The highest BCUT2D eigenvalue weighted by atomic mass is 16.6. The van der Waals surface area contributed by atoms with Crippen LogP contribution in [0, 0.1) is 0 Å². The Morgan fingerprint density at radius 1 is 1.31 bits per heavy atom. The number of benzene rings is 2. The summed E-state index contributed by atoms with van der Waals surface area (Å²) in [6, 6.07) is 12.2. The first kappa shape index (κ1) is 18.5. The number of ether oxygens (including phenoxy) is 3. The maximum absolute atomic E-state index is 12.7. The van der Waals surface area contributed by atoms with Gasteiger partial charge in [-0.25, -0.2) is 0 Å². The standard InChI is InChI=1S/C20H19N5O4/c1-2-3-11-27-14-9-7-13(8-10-14)20(26)21-15-5-4-6-16-18(15)29-17(12-28-16)19-22-24-25-23-19/h3-11,17H,2,12H2,1H3,(H,21,26)(H,22,23,24,25). The molecule has 1 aromatic heterocycles. The van der Waals surface area contributed by atoms with Gasteiger partial charge in [-0.2, -0.15) is 5.21 Å². The Morgan fingerprint density at radius 3 is 2.93 bits per heavy atom. The van der Waals surface area contributed by atoms with Crippen molar-refractivity contribution in [1.29, 1.82) is 0 Å². The molecule has 0 spiro atoms. The molecule has 9 heteroatoms. The zero-order valence-electron chi connectivity index (χ0n) is 15.7. The summed E-state index contributed by atoms with van der Waals surface area (Å²) < 4.78 is 17.1. The Morgan fingerprint density at radius 2 is 2.17 bits per heavy atom. The number of nitrogens with one attached hydrogen (secondary N) is 2. The van der Waals surface area contributed by atoms with Gasteiger partial charge in [-0.15, -0.1) is 10.2 Å². The lowest BCUT2D eigenvalue weighted by molar-refractivity contribution is 0.0856. The van der Waals surface area contributed by atoms with Gasteiger partial charge in [0.1, 0.15) is 12.4 Å². The third kappa shape index (κ3) is 4.18. The zero-order valence-corrected chi connectivity index (χ0v) is 15.7. The average molecular weight is 393 g/mol. The zero-order chi connectivity index (χ0) is 20.1. The molecule has 0 aliphatic carbocycles. The highest BCUT2D eigenvalue weighted by molar-refractivity contribution is 6.05. The van der Waals surface area contributed by atoms with Gasteiger partial charge in [-0.3, -0.25) is 4.79 Å². The van der Waals surface area contributed by atoms with Crippen LogP contribution in [0.3, 0.4) is 0 Å². The summed E-state index contributed by atoms with van der Waals surface area (Å²) in [5.41, 5.74) is 0.979. The summed E-state index contributed by atoms with van der Waals surface area (Å²) in [7, 11) is 0. The van der Waals surface area contributed by atoms with Crippen molar-refractivity contribution >= 4 is 11.6 Å². The van der Waals surface area contributed by atoms with Crippen LogP contribution >= 0.6 is 0 Å². The van der Waals surface area contributed by atoms with Crippen LogP contribution in [0.5, 0.6) is 17.2 Å². The number of nitrogens with zero attached hydrogens (tertiary/aromatic N) is 3. The minimum atomic E-state index is -0.521. The van der Waals surface area contributed by atoms with Crippen LogP contribution in [-0.2, 0) is 0 Å². The second kappa shape index (κ2) is 8.42. The van der Waals surface area contributed by atoms with Crippen LogP contribution in [0.2, 0.25) is 0 Å². The topological polar surface area (TPSA) is 111 Å². The van der Waals surface area contributed by atoms with E-state index in [2.05, 4.69) is 25.9 Å². The van der Waals surface area contributed by atoms with Gasteiger partial charge >= 0.3 is 0 Å². The first-order valence-corrected chi connectivity index (χ1v) is 9.13. The number of carbonyl (C=O) groups excluding carboxylic acids is 1. The number of para-hydroxylation sites is 1. The van der Waals surface area contributed by atoms with Crippen molar-refractivity contribution in [3.05, 3.63) is 66.2 Å². The summed E-state index contributed by atoms with van der Waals surface area (Å²) in [5.74, 6) is 1.72. The Balaban J connectivity index is 1.49. The van der Waals surface area contributed by atoms with E-state index >= 15 is 0 Å². The van der Waals surface area contributed by atoms with E-state index in [1.54, 1.807) is 48.7 Å². The molecule has 148 valence electrons. The van der Waals surface area contributed by atoms with Gasteiger partial charge in [0.25, 0.3) is 5.91 Å². The van der Waals surface area contributed by atoms with Gasteiger partial charge in [-0.1, -0.05) is 18.2 Å². The summed E-state index contributed by atoms with van der Waals surface area (Å²) in [4.78, 5) is 12.7. The minimum Gasteiger partial charge on any atom is -0.485 e. The van der Waals surface area contributed by atoms with Crippen molar-refractivity contribution in [3.8, 4) is 17.2 Å². The summed E-state index contributed by atoms with van der Waals surface area (Å²) in [5, 5.41) is 16.6. The van der Waals surface area contributed by atoms with Crippen molar-refractivity contribution < 1.29 is 19.0 Å². The number of aromatic amines is 1. The highest BCUT2D eigenvalue weighted by Crippen LogP contribution is 2.41. The predicted molar refractivity (Wildman–Crippen MR) is 104 cm³/mol. The fraction of sp³-hybridized carbons (Fsp3) is 0.200. The smallest absolute Gasteiger partial charge is 0.255 e. The molecular formula is C20H19N5O4. The van der Waals surface area contributed by atoms with Gasteiger partial charge in [0.2, 0.25) is 5.82 Å². The van der Waals surface area contributed by atoms with E-state index < -0.39 is 6.10 Å². The summed E-state index contributed by atoms with van der Waals surface area (Å²) >= 11 is 0. The summed E-state index contributed by atoms with van der Waals surface area (Å²) in [6.07, 6.45) is 3.90. The van der Waals surface area contributed by atoms with E-state index in [1.165, 1.54) is 0 Å². The number of carbonyl (C=O) groups is 1. The van der Waals surface area contributed by atoms with E-state index in [-0.39, 0.29) is 12.5 Å². The second-order valence-electron chi connectivity index (χ2n) is 6.20. The van der Waals surface area contributed by atoms with Gasteiger partial charge in [0.05, 0.1) is 11.9 Å². The number of rotatable bonds is 6. The third-order valence-electron chi connectivity index (χ3n) is 4.18. The van der Waals surface area contributed by atoms with Gasteiger partial charge < -0.3 is 19.5 Å². The van der Waals surface area contributed by atoms with Crippen molar-refractivity contribution in [2.45, 2.75) is 19.4 Å². The highest BCUT2D eigenvalue weighted by Gasteiger charge is 2.28. The number of amides is 1. The predicted octanol–water partition coefficient (Wildman–Crippen LogP) is 3.27. The van der Waals surface area contributed by atoms with Crippen molar-refractivity contribution in [3.63, 3.8) is 0 Å². The van der Waals surface area contributed by atoms with E-state index in [4.69, 9.17) is 14.2 Å². The molecule has 1 aliphatic rings. The number of hydrogen-bond acceptors (Lipinski definition) is 7. The Bertz CT molecular complexity index is 1000. The average Bonchev–Trinajstić information content (AvgIpc) is 3.29. The molecule has 2 N–H and O–H groups in total. The van der Waals surface area contributed by atoms with Crippen LogP contribution in [-0.4, -0.2) is 33.1 Å². The van der Waals surface area contributed by atoms with E-state index in [0.29, 0.717) is 34.3 Å². The molecule has 2 aromatic carbocycles. The number of allylic oxidation sites excluding steroid dienone is 1. The Hall–Kier alpha value is -3.88. The number of fused-ring (bicyclic) bond motifs is 1. The van der Waals surface area contributed by atoms with E-state index in [9.17, 15) is 4.79 Å². The number of H-pyrrole nitrogens is 1. The SMILES string of the molecule is CCC=COc1ccc(C(=O)Nc2cccc3c2OC(c2nn[nH]n2)CO3)cc1. The maximum atomic E-state index is 12.7. The molecular weight excluding hydrogens is 374 g/mol. The number of hydrogen-bond donors (Lipinski definition) is 2. The molecule has 29 heavy (non-hydrogen) atoms. The first-order valence-electron chi connectivity index (χ1n) is 9.13. The quantitative estimate of drug-likeness (QED) is 0.618. The molecule has 0 radical (unpaired) electrons. The number of tetrazole rings is 1. The number of aromatic nitrogens is 4. The maximum Gasteiger partial charge on any atom is 0.255 e. The van der Waals surface area contributed by atoms with Crippen LogP contribution in [0.25, 0.3) is 0 Å². The van der Waals surface area contributed by atoms with Gasteiger partial charge in [-0.05, 0) is 48.9 Å². The van der Waals surface area contributed by atoms with Crippen LogP contribution in [0.15, 0.2) is 54.8 Å². The Labute approximate surface area is 166 Å². The molecule has 1 aliphatic heterocycles. The number of anilines is 1. The first-order chi connectivity index (χ1) is 14.2. The third-order valence-corrected chi connectivity index (χ3v) is 4.18. The normalized spacial score (nSPS) is 15.3. The van der Waals surface area contributed by atoms with E-state index in [0.717, 1.165) is 6.42 Å². The van der Waals surface area contributed by atoms with Crippen molar-refractivity contribution in [2.24, 2.45) is 0 Å². The molecule has 3 aromatic rings. The lowest BCUT2D eigenvalue weighted by Gasteiger charge is -2.26. The molecule has 1 unspecified atom stereocenters. The largest absolute Gasteiger partial charge is 0.485 e. The monoisotopic (exact) mass is 393 g/mol. The molecule has 1 amide bonds. The van der Waals surface area contributed by atoms with Crippen LogP contribution in [0.1, 0.15) is 35.6 Å². The molecule has 0 saturated heterocycles. The minimum absolute atomic E-state index is 0.248. The lowest BCUT2D eigenvalue weighted by atomic mass is 10.2. The van der Waals surface area contributed by atoms with Crippen molar-refractivity contribution in [2.75, 3.05) is 11.9 Å². The molecule has 1 atom stereocenters. The molecule has 0 bridgehead atoms. The molecule has 4 rings (SSSR count). The molecule has 0 fully saturated rings. The molecule has 2 heterocycles. The van der Waals surface area contributed by atoms with E-state index in [1.807, 2.05) is 13.0 Å².